The molecule has 0 bridgehead atoms. The van der Waals surface area contributed by atoms with Crippen LogP contribution in [0.4, 0.5) is 15.2 Å². The Morgan fingerprint density at radius 1 is 1.08 bits per heavy atom. The van der Waals surface area contributed by atoms with Crippen LogP contribution >= 0.6 is 22.9 Å². The number of nitrogens with one attached hydrogen (secondary N) is 1. The lowest BCUT2D eigenvalue weighted by atomic mass is 10.1. The summed E-state index contributed by atoms with van der Waals surface area (Å²) in [6, 6.07) is 14.1. The molecule has 37 heavy (non-hydrogen) atoms. The van der Waals surface area contributed by atoms with E-state index >= 15 is 0 Å². The lowest BCUT2D eigenvalue weighted by molar-refractivity contribution is 0.0986. The Balaban J connectivity index is 1.75. The summed E-state index contributed by atoms with van der Waals surface area (Å²) >= 11 is 7.64. The molecule has 0 aliphatic carbocycles. The standard InChI is InChI=1S/C25H24ClFN4O4S2/c1-30(2)14-15-31(25-28-22-21(35-3)13-12-19(26)23(22)36-25)24(32)18-6-4-5-7-20(18)29-37(33,34)17-10-8-16(27)9-11-17/h4-13,29H,14-15H2,1-3H3. The van der Waals surface area contributed by atoms with Crippen LogP contribution in [0.1, 0.15) is 10.4 Å². The number of anilines is 2. The third-order valence-electron chi connectivity index (χ3n) is 5.44. The van der Waals surface area contributed by atoms with Crippen molar-refractivity contribution in [2.75, 3.05) is 43.9 Å². The smallest absolute Gasteiger partial charge is 0.262 e. The number of carbonyl (C=O) groups excluding carboxylic acids is 1. The summed E-state index contributed by atoms with van der Waals surface area (Å²) in [4.78, 5) is 21.8. The van der Waals surface area contributed by atoms with Gasteiger partial charge in [-0.05, 0) is 62.6 Å². The van der Waals surface area contributed by atoms with Crippen molar-refractivity contribution in [2.45, 2.75) is 4.90 Å². The number of sulfonamides is 1. The molecule has 1 heterocycles. The van der Waals surface area contributed by atoms with Crippen LogP contribution < -0.4 is 14.4 Å². The number of ether oxygens (including phenoxy) is 1. The van der Waals surface area contributed by atoms with E-state index in [-0.39, 0.29) is 22.7 Å². The van der Waals surface area contributed by atoms with E-state index in [0.29, 0.717) is 32.7 Å². The van der Waals surface area contributed by atoms with Gasteiger partial charge in [0.25, 0.3) is 15.9 Å². The van der Waals surface area contributed by atoms with Gasteiger partial charge in [0.1, 0.15) is 17.1 Å². The van der Waals surface area contributed by atoms with E-state index in [0.717, 1.165) is 24.3 Å². The third-order valence-corrected chi connectivity index (χ3v) is 8.36. The topological polar surface area (TPSA) is 91.8 Å². The van der Waals surface area contributed by atoms with Crippen LogP contribution in [0.15, 0.2) is 65.6 Å². The minimum absolute atomic E-state index is 0.0865. The fraction of sp³-hybridized carbons (Fsp3) is 0.200. The number of carbonyl (C=O) groups is 1. The normalized spacial score (nSPS) is 11.6. The van der Waals surface area contributed by atoms with E-state index in [1.807, 2.05) is 19.0 Å². The van der Waals surface area contributed by atoms with Gasteiger partial charge in [0.05, 0.1) is 33.0 Å². The molecule has 12 heteroatoms. The Hall–Kier alpha value is -3.25. The summed E-state index contributed by atoms with van der Waals surface area (Å²) in [6.45, 7) is 0.806. The molecule has 4 rings (SSSR count). The van der Waals surface area contributed by atoms with Crippen molar-refractivity contribution in [1.29, 1.82) is 0 Å². The van der Waals surface area contributed by atoms with Gasteiger partial charge < -0.3 is 9.64 Å². The van der Waals surface area contributed by atoms with E-state index in [1.54, 1.807) is 24.3 Å². The maximum atomic E-state index is 13.9. The fourth-order valence-corrected chi connectivity index (χ4v) is 5.89. The lowest BCUT2D eigenvalue weighted by Gasteiger charge is -2.23. The van der Waals surface area contributed by atoms with Crippen molar-refractivity contribution in [3.8, 4) is 5.75 Å². The average molecular weight is 563 g/mol. The molecule has 0 saturated heterocycles. The van der Waals surface area contributed by atoms with Crippen molar-refractivity contribution in [3.63, 3.8) is 0 Å². The van der Waals surface area contributed by atoms with Gasteiger partial charge in [0, 0.05) is 13.1 Å². The Labute approximate surface area is 223 Å². The highest BCUT2D eigenvalue weighted by molar-refractivity contribution is 7.92. The molecule has 4 aromatic rings. The zero-order chi connectivity index (χ0) is 26.7. The summed E-state index contributed by atoms with van der Waals surface area (Å²) in [6.07, 6.45) is 0. The van der Waals surface area contributed by atoms with Crippen LogP contribution in [0.2, 0.25) is 5.02 Å². The quantitative estimate of drug-likeness (QED) is 0.305. The van der Waals surface area contributed by atoms with Gasteiger partial charge in [0.15, 0.2) is 5.13 Å². The number of nitrogens with zero attached hydrogens (tertiary/aromatic N) is 3. The monoisotopic (exact) mass is 562 g/mol. The van der Waals surface area contributed by atoms with Crippen LogP contribution in [-0.4, -0.2) is 58.5 Å². The molecular weight excluding hydrogens is 539 g/mol. The van der Waals surface area contributed by atoms with Crippen molar-refractivity contribution in [2.24, 2.45) is 0 Å². The first-order valence-corrected chi connectivity index (χ1v) is 13.8. The summed E-state index contributed by atoms with van der Waals surface area (Å²) in [5.74, 6) is -0.485. The van der Waals surface area contributed by atoms with Crippen molar-refractivity contribution in [1.82, 2.24) is 9.88 Å². The van der Waals surface area contributed by atoms with E-state index < -0.39 is 21.7 Å². The molecule has 1 aromatic heterocycles. The first-order chi connectivity index (χ1) is 17.6. The summed E-state index contributed by atoms with van der Waals surface area (Å²) in [7, 11) is 1.21. The maximum Gasteiger partial charge on any atom is 0.262 e. The van der Waals surface area contributed by atoms with Gasteiger partial charge in [-0.25, -0.2) is 17.8 Å². The van der Waals surface area contributed by atoms with E-state index in [9.17, 15) is 17.6 Å². The van der Waals surface area contributed by atoms with Gasteiger partial charge in [-0.2, -0.15) is 0 Å². The van der Waals surface area contributed by atoms with Crippen LogP contribution in [0, 0.1) is 5.82 Å². The largest absolute Gasteiger partial charge is 0.494 e. The second-order valence-electron chi connectivity index (χ2n) is 8.29. The minimum Gasteiger partial charge on any atom is -0.494 e. The molecule has 0 unspecified atom stereocenters. The Morgan fingerprint density at radius 2 is 1.78 bits per heavy atom. The van der Waals surface area contributed by atoms with Gasteiger partial charge in [-0.15, -0.1) is 0 Å². The van der Waals surface area contributed by atoms with E-state index in [2.05, 4.69) is 9.71 Å². The van der Waals surface area contributed by atoms with Crippen LogP contribution in [-0.2, 0) is 10.0 Å². The number of rotatable bonds is 9. The molecule has 0 aliphatic rings. The third kappa shape index (κ3) is 5.85. The highest BCUT2D eigenvalue weighted by Crippen LogP contribution is 2.39. The second-order valence-corrected chi connectivity index (χ2v) is 11.4. The number of benzene rings is 3. The molecule has 0 aliphatic heterocycles. The first kappa shape index (κ1) is 26.8. The van der Waals surface area contributed by atoms with E-state index in [4.69, 9.17) is 16.3 Å². The molecular formula is C25H24ClFN4O4S2. The number of para-hydroxylation sites is 1. The molecule has 0 saturated carbocycles. The van der Waals surface area contributed by atoms with E-state index in [1.165, 1.54) is 35.5 Å². The predicted octanol–water partition coefficient (Wildman–Crippen LogP) is 5.11. The predicted molar refractivity (Wildman–Crippen MR) is 145 cm³/mol. The number of methoxy groups -OCH3 is 1. The van der Waals surface area contributed by atoms with Crippen LogP contribution in [0.3, 0.4) is 0 Å². The molecule has 8 nitrogen and oxygen atoms in total. The zero-order valence-corrected chi connectivity index (χ0v) is 22.6. The molecule has 0 fully saturated rings. The lowest BCUT2D eigenvalue weighted by Crippen LogP contribution is -2.37. The number of hydrogen-bond donors (Lipinski definition) is 1. The molecule has 0 spiro atoms. The van der Waals surface area contributed by atoms with Crippen LogP contribution in [0.5, 0.6) is 5.75 Å². The number of hydrogen-bond acceptors (Lipinski definition) is 7. The number of amides is 1. The van der Waals surface area contributed by atoms with Crippen molar-refractivity contribution >= 4 is 59.9 Å². The SMILES string of the molecule is COc1ccc(Cl)c2sc(N(CCN(C)C)C(=O)c3ccccc3NS(=O)(=O)c3ccc(F)cc3)nc12. The van der Waals surface area contributed by atoms with Gasteiger partial charge in [0.2, 0.25) is 0 Å². The highest BCUT2D eigenvalue weighted by Gasteiger charge is 2.26. The zero-order valence-electron chi connectivity index (χ0n) is 20.2. The van der Waals surface area contributed by atoms with Crippen LogP contribution in [0.25, 0.3) is 10.2 Å². The summed E-state index contributed by atoms with van der Waals surface area (Å²) < 4.78 is 47.8. The minimum atomic E-state index is -4.08. The van der Waals surface area contributed by atoms with Gasteiger partial charge in [-0.3, -0.25) is 14.4 Å². The molecule has 0 atom stereocenters. The van der Waals surface area contributed by atoms with Crippen molar-refractivity contribution in [3.05, 3.63) is 77.1 Å². The summed E-state index contributed by atoms with van der Waals surface area (Å²) in [5.41, 5.74) is 0.746. The Morgan fingerprint density at radius 3 is 2.46 bits per heavy atom. The number of thiazole rings is 1. The first-order valence-electron chi connectivity index (χ1n) is 11.1. The summed E-state index contributed by atoms with van der Waals surface area (Å²) in [5, 5.41) is 0.872. The molecule has 1 N–H and O–H groups in total. The van der Waals surface area contributed by atoms with Crippen molar-refractivity contribution < 1.29 is 22.3 Å². The molecule has 1 amide bonds. The number of likely N-dealkylation sites (N-methyl/N-ethyl adjacent to an activating group) is 1. The second kappa shape index (κ2) is 11.0. The number of halogens is 2. The highest BCUT2D eigenvalue weighted by atomic mass is 35.5. The maximum absolute atomic E-state index is 13.9. The Kier molecular flexibility index (Phi) is 7.98. The van der Waals surface area contributed by atoms with Gasteiger partial charge in [-0.1, -0.05) is 35.1 Å². The molecule has 194 valence electrons. The Bertz CT molecular complexity index is 1540. The fourth-order valence-electron chi connectivity index (χ4n) is 3.53. The molecule has 3 aromatic carbocycles. The number of aromatic nitrogens is 1. The average Bonchev–Trinajstić information content (AvgIpc) is 3.30. The molecule has 0 radical (unpaired) electrons. The number of fused-ring (bicyclic) bond motifs is 1. The van der Waals surface area contributed by atoms with Gasteiger partial charge >= 0.3 is 0 Å².